The van der Waals surface area contributed by atoms with E-state index in [4.69, 9.17) is 4.74 Å². The van der Waals surface area contributed by atoms with E-state index in [1.165, 1.54) is 13.8 Å². The van der Waals surface area contributed by atoms with Crippen LogP contribution in [0.2, 0.25) is 0 Å². The summed E-state index contributed by atoms with van der Waals surface area (Å²) in [6.45, 7) is 4.67. The van der Waals surface area contributed by atoms with Gasteiger partial charge in [0, 0.05) is 0 Å². The number of halogens is 1. The van der Waals surface area contributed by atoms with Crippen LogP contribution in [-0.4, -0.2) is 12.1 Å². The molecule has 0 heterocycles. The zero-order chi connectivity index (χ0) is 12.1. The lowest BCUT2D eigenvalue weighted by Gasteiger charge is -2.17. The molecule has 16 heavy (non-hydrogen) atoms. The minimum Gasteiger partial charge on any atom is -0.457 e. The van der Waals surface area contributed by atoms with Crippen molar-refractivity contribution in [3.63, 3.8) is 0 Å². The van der Waals surface area contributed by atoms with Gasteiger partial charge in [0.15, 0.2) is 0 Å². The topological polar surface area (TPSA) is 26.3 Å². The van der Waals surface area contributed by atoms with Gasteiger partial charge < -0.3 is 4.74 Å². The van der Waals surface area contributed by atoms with Gasteiger partial charge in [0.1, 0.15) is 12.3 Å². The fourth-order valence-electron chi connectivity index (χ4n) is 1.26. The first-order valence-corrected chi connectivity index (χ1v) is 5.42. The lowest BCUT2D eigenvalue weighted by molar-refractivity contribution is -0.155. The SMILES string of the molecule is CC(OC(=O)C(C)C(C)F)c1ccccc1. The van der Waals surface area contributed by atoms with Crippen molar-refractivity contribution in [3.8, 4) is 0 Å². The minimum absolute atomic E-state index is 0.338. The van der Waals surface area contributed by atoms with E-state index in [1.807, 2.05) is 30.3 Å². The van der Waals surface area contributed by atoms with E-state index in [2.05, 4.69) is 0 Å². The fourth-order valence-corrected chi connectivity index (χ4v) is 1.26. The van der Waals surface area contributed by atoms with Crippen molar-refractivity contribution in [1.29, 1.82) is 0 Å². The molecule has 3 unspecified atom stereocenters. The summed E-state index contributed by atoms with van der Waals surface area (Å²) in [4.78, 5) is 11.5. The molecule has 1 rings (SSSR count). The second kappa shape index (κ2) is 5.64. The van der Waals surface area contributed by atoms with Crippen LogP contribution in [0.15, 0.2) is 30.3 Å². The average Bonchev–Trinajstić information content (AvgIpc) is 2.28. The summed E-state index contributed by atoms with van der Waals surface area (Å²) < 4.78 is 18.1. The Bertz CT molecular complexity index is 335. The van der Waals surface area contributed by atoms with Gasteiger partial charge in [-0.3, -0.25) is 4.79 Å². The van der Waals surface area contributed by atoms with Crippen molar-refractivity contribution in [2.24, 2.45) is 5.92 Å². The fraction of sp³-hybridized carbons (Fsp3) is 0.462. The highest BCUT2D eigenvalue weighted by atomic mass is 19.1. The second-order valence-corrected chi connectivity index (χ2v) is 3.96. The predicted octanol–water partition coefficient (Wildman–Crippen LogP) is 3.28. The molecule has 0 aromatic heterocycles. The van der Waals surface area contributed by atoms with Crippen LogP contribution in [0.3, 0.4) is 0 Å². The Morgan fingerprint density at radius 2 is 1.75 bits per heavy atom. The number of hydrogen-bond acceptors (Lipinski definition) is 2. The monoisotopic (exact) mass is 224 g/mol. The molecule has 0 fully saturated rings. The largest absolute Gasteiger partial charge is 0.457 e. The number of alkyl halides is 1. The summed E-state index contributed by atoms with van der Waals surface area (Å²) in [5.74, 6) is -1.21. The Balaban J connectivity index is 2.58. The molecule has 0 aliphatic heterocycles. The van der Waals surface area contributed by atoms with Crippen molar-refractivity contribution in [2.45, 2.75) is 33.0 Å². The van der Waals surface area contributed by atoms with Gasteiger partial charge in [-0.05, 0) is 26.3 Å². The van der Waals surface area contributed by atoms with Gasteiger partial charge in [0.2, 0.25) is 0 Å². The zero-order valence-corrected chi connectivity index (χ0v) is 9.81. The number of esters is 1. The molecule has 2 nitrogen and oxygen atoms in total. The van der Waals surface area contributed by atoms with Crippen LogP contribution in [0.4, 0.5) is 4.39 Å². The standard InChI is InChI=1S/C13H17FO2/c1-9(10(2)14)13(15)16-11(3)12-7-5-4-6-8-12/h4-11H,1-3H3. The first-order chi connectivity index (χ1) is 7.52. The van der Waals surface area contributed by atoms with E-state index in [9.17, 15) is 9.18 Å². The quantitative estimate of drug-likeness (QED) is 0.733. The average molecular weight is 224 g/mol. The van der Waals surface area contributed by atoms with Crippen molar-refractivity contribution < 1.29 is 13.9 Å². The smallest absolute Gasteiger partial charge is 0.312 e. The summed E-state index contributed by atoms with van der Waals surface area (Å²) in [6.07, 6.45) is -1.52. The third kappa shape index (κ3) is 3.33. The van der Waals surface area contributed by atoms with E-state index in [0.29, 0.717) is 0 Å². The lowest BCUT2D eigenvalue weighted by atomic mass is 10.1. The molecule has 0 amide bonds. The number of benzene rings is 1. The third-order valence-corrected chi connectivity index (χ3v) is 2.62. The van der Waals surface area contributed by atoms with Crippen LogP contribution in [-0.2, 0) is 9.53 Å². The number of carbonyl (C=O) groups excluding carboxylic acids is 1. The van der Waals surface area contributed by atoms with Gasteiger partial charge in [0.05, 0.1) is 5.92 Å². The summed E-state index contributed by atoms with van der Waals surface area (Å²) in [7, 11) is 0. The molecule has 88 valence electrons. The summed E-state index contributed by atoms with van der Waals surface area (Å²) in [5, 5.41) is 0. The first kappa shape index (κ1) is 12.7. The number of ether oxygens (including phenoxy) is 1. The van der Waals surface area contributed by atoms with Gasteiger partial charge >= 0.3 is 5.97 Å². The van der Waals surface area contributed by atoms with Gasteiger partial charge in [-0.2, -0.15) is 0 Å². The Kier molecular flexibility index (Phi) is 4.47. The molecule has 1 aromatic carbocycles. The maximum atomic E-state index is 12.9. The van der Waals surface area contributed by atoms with Crippen molar-refractivity contribution in [1.82, 2.24) is 0 Å². The summed E-state index contributed by atoms with van der Waals surface area (Å²) >= 11 is 0. The molecule has 0 saturated carbocycles. The maximum absolute atomic E-state index is 12.9. The van der Waals surface area contributed by atoms with Crippen molar-refractivity contribution >= 4 is 5.97 Å². The molecule has 1 aromatic rings. The van der Waals surface area contributed by atoms with E-state index in [0.717, 1.165) is 5.56 Å². The molecule has 0 spiro atoms. The summed E-state index contributed by atoms with van der Waals surface area (Å²) in [5.41, 5.74) is 0.912. The highest BCUT2D eigenvalue weighted by Gasteiger charge is 2.23. The normalized spacial score (nSPS) is 16.2. The van der Waals surface area contributed by atoms with Crippen LogP contribution < -0.4 is 0 Å². The molecule has 0 N–H and O–H groups in total. The van der Waals surface area contributed by atoms with Gasteiger partial charge in [0.25, 0.3) is 0 Å². The highest BCUT2D eigenvalue weighted by molar-refractivity contribution is 5.72. The zero-order valence-electron chi connectivity index (χ0n) is 9.81. The molecule has 0 aliphatic rings. The first-order valence-electron chi connectivity index (χ1n) is 5.42. The Hall–Kier alpha value is -1.38. The highest BCUT2D eigenvalue weighted by Crippen LogP contribution is 2.19. The molecule has 0 saturated heterocycles. The van der Waals surface area contributed by atoms with Gasteiger partial charge in [-0.25, -0.2) is 4.39 Å². The van der Waals surface area contributed by atoms with Gasteiger partial charge in [-0.1, -0.05) is 30.3 Å². The molecule has 0 bridgehead atoms. The Morgan fingerprint density at radius 3 is 2.25 bits per heavy atom. The minimum atomic E-state index is -1.18. The second-order valence-electron chi connectivity index (χ2n) is 3.96. The number of hydrogen-bond donors (Lipinski definition) is 0. The summed E-state index contributed by atoms with van der Waals surface area (Å²) in [6, 6.07) is 9.40. The molecular formula is C13H17FO2. The van der Waals surface area contributed by atoms with E-state index < -0.39 is 18.1 Å². The molecule has 0 radical (unpaired) electrons. The van der Waals surface area contributed by atoms with E-state index in [1.54, 1.807) is 6.92 Å². The lowest BCUT2D eigenvalue weighted by Crippen LogP contribution is -2.23. The third-order valence-electron chi connectivity index (χ3n) is 2.62. The van der Waals surface area contributed by atoms with Crippen molar-refractivity contribution in [3.05, 3.63) is 35.9 Å². The predicted molar refractivity (Wildman–Crippen MR) is 60.7 cm³/mol. The van der Waals surface area contributed by atoms with Crippen LogP contribution in [0.5, 0.6) is 0 Å². The van der Waals surface area contributed by atoms with Crippen LogP contribution in [0.25, 0.3) is 0 Å². The van der Waals surface area contributed by atoms with Crippen molar-refractivity contribution in [2.75, 3.05) is 0 Å². The van der Waals surface area contributed by atoms with Gasteiger partial charge in [-0.15, -0.1) is 0 Å². The van der Waals surface area contributed by atoms with Crippen LogP contribution in [0, 0.1) is 5.92 Å². The maximum Gasteiger partial charge on any atom is 0.312 e. The molecular weight excluding hydrogens is 207 g/mol. The molecule has 0 aliphatic carbocycles. The number of carbonyl (C=O) groups is 1. The number of rotatable bonds is 4. The van der Waals surface area contributed by atoms with Crippen LogP contribution >= 0.6 is 0 Å². The van der Waals surface area contributed by atoms with E-state index in [-0.39, 0.29) is 6.10 Å². The molecule has 3 atom stereocenters. The van der Waals surface area contributed by atoms with E-state index >= 15 is 0 Å². The van der Waals surface area contributed by atoms with Crippen LogP contribution in [0.1, 0.15) is 32.4 Å². The Labute approximate surface area is 95.4 Å². The Morgan fingerprint density at radius 1 is 1.19 bits per heavy atom. The molecule has 3 heteroatoms.